The number of aromatic nitrogens is 1. The fraction of sp³-hybridized carbons (Fsp3) is 0.375. The van der Waals surface area contributed by atoms with E-state index >= 15 is 0 Å². The Bertz CT molecular complexity index is 280. The highest BCUT2D eigenvalue weighted by Crippen LogP contribution is 2.31. The molecule has 2 heterocycles. The van der Waals surface area contributed by atoms with Crippen LogP contribution in [0.5, 0.6) is 5.75 Å². The zero-order valence-corrected chi connectivity index (χ0v) is 8.69. The minimum Gasteiger partial charge on any atom is -0.490 e. The van der Waals surface area contributed by atoms with E-state index in [2.05, 4.69) is 31.0 Å². The predicted molar refractivity (Wildman–Crippen MR) is 55.7 cm³/mol. The van der Waals surface area contributed by atoms with Gasteiger partial charge in [-0.15, -0.1) is 0 Å². The molecule has 1 aromatic rings. The lowest BCUT2D eigenvalue weighted by Gasteiger charge is -2.13. The highest BCUT2D eigenvalue weighted by atomic mass is 127. The Labute approximate surface area is 85.2 Å². The molecule has 0 bridgehead atoms. The molecule has 4 heteroatoms. The molecule has 0 atom stereocenters. The maximum absolute atomic E-state index is 5.51. The summed E-state index contributed by atoms with van der Waals surface area (Å²) in [6.07, 6.45) is 4.63. The molecule has 1 aliphatic heterocycles. The summed E-state index contributed by atoms with van der Waals surface area (Å²) in [5, 5.41) is 0. The Morgan fingerprint density at radius 1 is 1.58 bits per heavy atom. The summed E-state index contributed by atoms with van der Waals surface area (Å²) in [7, 11) is 0. The molecule has 0 spiro atoms. The fourth-order valence-corrected chi connectivity index (χ4v) is 1.93. The van der Waals surface area contributed by atoms with Crippen molar-refractivity contribution in [1.29, 1.82) is 0 Å². The van der Waals surface area contributed by atoms with E-state index in [9.17, 15) is 0 Å². The van der Waals surface area contributed by atoms with Gasteiger partial charge in [0, 0.05) is 12.7 Å². The SMILES string of the molecule is IN1CCCOc2cnccc21. The van der Waals surface area contributed by atoms with Crippen molar-refractivity contribution in [2.24, 2.45) is 0 Å². The molecule has 3 nitrogen and oxygen atoms in total. The zero-order valence-electron chi connectivity index (χ0n) is 6.53. The summed E-state index contributed by atoms with van der Waals surface area (Å²) >= 11 is 2.30. The summed E-state index contributed by atoms with van der Waals surface area (Å²) in [4.78, 5) is 4.02. The van der Waals surface area contributed by atoms with E-state index in [-0.39, 0.29) is 0 Å². The van der Waals surface area contributed by atoms with E-state index in [1.807, 2.05) is 6.07 Å². The standard InChI is InChI=1S/C8H9IN2O/c9-11-4-1-5-12-8-6-10-3-2-7(8)11/h2-3,6H,1,4-5H2. The van der Waals surface area contributed by atoms with Gasteiger partial charge in [-0.2, -0.15) is 0 Å². The second-order valence-electron chi connectivity index (χ2n) is 2.63. The van der Waals surface area contributed by atoms with Gasteiger partial charge in [-0.3, -0.25) is 4.98 Å². The van der Waals surface area contributed by atoms with Crippen molar-refractivity contribution in [2.45, 2.75) is 6.42 Å². The lowest BCUT2D eigenvalue weighted by molar-refractivity contribution is 0.321. The van der Waals surface area contributed by atoms with Crippen LogP contribution >= 0.6 is 22.9 Å². The average Bonchev–Trinajstić information content (AvgIpc) is 2.29. The van der Waals surface area contributed by atoms with E-state index in [0.717, 1.165) is 31.0 Å². The summed E-state index contributed by atoms with van der Waals surface area (Å²) in [5.74, 6) is 0.893. The molecule has 2 rings (SSSR count). The second-order valence-corrected chi connectivity index (χ2v) is 3.80. The van der Waals surface area contributed by atoms with E-state index in [1.165, 1.54) is 0 Å². The van der Waals surface area contributed by atoms with Crippen LogP contribution in [0.2, 0.25) is 0 Å². The molecule has 64 valence electrons. The molecule has 0 aliphatic carbocycles. The number of nitrogens with zero attached hydrogens (tertiary/aromatic N) is 2. The predicted octanol–water partition coefficient (Wildman–Crippen LogP) is 2.02. The molecule has 12 heavy (non-hydrogen) atoms. The van der Waals surface area contributed by atoms with Crippen LogP contribution in [-0.2, 0) is 0 Å². The van der Waals surface area contributed by atoms with Crippen molar-refractivity contribution >= 4 is 28.6 Å². The van der Waals surface area contributed by atoms with Crippen LogP contribution in [-0.4, -0.2) is 18.1 Å². The molecule has 0 fully saturated rings. The van der Waals surface area contributed by atoms with E-state index in [1.54, 1.807) is 12.4 Å². The number of hydrogen-bond acceptors (Lipinski definition) is 3. The Balaban J connectivity index is 2.39. The van der Waals surface area contributed by atoms with Gasteiger partial charge in [0.1, 0.15) is 0 Å². The Morgan fingerprint density at radius 2 is 2.50 bits per heavy atom. The molecule has 1 aromatic heterocycles. The molecular formula is C8H9IN2O. The molecule has 1 aliphatic rings. The first-order valence-corrected chi connectivity index (χ1v) is 4.84. The van der Waals surface area contributed by atoms with Crippen molar-refractivity contribution in [3.63, 3.8) is 0 Å². The Morgan fingerprint density at radius 3 is 3.42 bits per heavy atom. The normalized spacial score (nSPS) is 16.2. The number of fused-ring (bicyclic) bond motifs is 1. The maximum atomic E-state index is 5.51. The van der Waals surface area contributed by atoms with E-state index in [0.29, 0.717) is 0 Å². The molecule has 0 radical (unpaired) electrons. The molecular weight excluding hydrogens is 267 g/mol. The van der Waals surface area contributed by atoms with Gasteiger partial charge < -0.3 is 7.85 Å². The average molecular weight is 276 g/mol. The third-order valence-electron chi connectivity index (χ3n) is 1.78. The third kappa shape index (κ3) is 1.48. The molecule has 0 amide bonds. The van der Waals surface area contributed by atoms with Gasteiger partial charge in [-0.25, -0.2) is 0 Å². The smallest absolute Gasteiger partial charge is 0.161 e. The lowest BCUT2D eigenvalue weighted by atomic mass is 10.4. The monoisotopic (exact) mass is 276 g/mol. The summed E-state index contributed by atoms with van der Waals surface area (Å²) in [5.41, 5.74) is 1.13. The quantitative estimate of drug-likeness (QED) is 0.535. The fourth-order valence-electron chi connectivity index (χ4n) is 1.19. The van der Waals surface area contributed by atoms with Crippen molar-refractivity contribution in [3.05, 3.63) is 18.5 Å². The Hall–Kier alpha value is -0.520. The number of pyridine rings is 1. The van der Waals surface area contributed by atoms with Crippen molar-refractivity contribution in [3.8, 4) is 5.75 Å². The summed E-state index contributed by atoms with van der Waals surface area (Å²) in [6, 6.07) is 1.98. The first-order valence-electron chi connectivity index (χ1n) is 3.88. The molecule has 0 N–H and O–H groups in total. The van der Waals surface area contributed by atoms with Gasteiger partial charge in [0.15, 0.2) is 5.75 Å². The minimum absolute atomic E-state index is 0.790. The third-order valence-corrected chi connectivity index (χ3v) is 2.78. The van der Waals surface area contributed by atoms with Gasteiger partial charge in [0.25, 0.3) is 0 Å². The summed E-state index contributed by atoms with van der Waals surface area (Å²) in [6.45, 7) is 1.83. The second kappa shape index (κ2) is 3.47. The van der Waals surface area contributed by atoms with Crippen LogP contribution in [0.4, 0.5) is 5.69 Å². The van der Waals surface area contributed by atoms with Gasteiger partial charge in [-0.05, 0) is 12.5 Å². The van der Waals surface area contributed by atoms with Crippen LogP contribution in [0, 0.1) is 0 Å². The Kier molecular flexibility index (Phi) is 2.34. The minimum atomic E-state index is 0.790. The van der Waals surface area contributed by atoms with Crippen LogP contribution < -0.4 is 7.85 Å². The van der Waals surface area contributed by atoms with Gasteiger partial charge in [0.05, 0.1) is 41.4 Å². The molecule has 0 unspecified atom stereocenters. The largest absolute Gasteiger partial charge is 0.490 e. The van der Waals surface area contributed by atoms with Crippen LogP contribution in [0.1, 0.15) is 6.42 Å². The highest BCUT2D eigenvalue weighted by molar-refractivity contribution is 14.1. The molecule has 0 saturated heterocycles. The molecule has 0 saturated carbocycles. The molecule has 0 aromatic carbocycles. The lowest BCUT2D eigenvalue weighted by Crippen LogP contribution is -2.09. The van der Waals surface area contributed by atoms with Crippen LogP contribution in [0.3, 0.4) is 0 Å². The van der Waals surface area contributed by atoms with Gasteiger partial charge >= 0.3 is 0 Å². The zero-order chi connectivity index (χ0) is 8.39. The first-order chi connectivity index (χ1) is 5.88. The topological polar surface area (TPSA) is 25.4 Å². The van der Waals surface area contributed by atoms with Crippen molar-refractivity contribution < 1.29 is 4.74 Å². The van der Waals surface area contributed by atoms with Crippen LogP contribution in [0.25, 0.3) is 0 Å². The highest BCUT2D eigenvalue weighted by Gasteiger charge is 2.13. The number of ether oxygens (including phenoxy) is 1. The number of anilines is 1. The van der Waals surface area contributed by atoms with E-state index in [4.69, 9.17) is 4.74 Å². The van der Waals surface area contributed by atoms with E-state index < -0.39 is 0 Å². The van der Waals surface area contributed by atoms with Crippen molar-refractivity contribution in [1.82, 2.24) is 4.98 Å². The van der Waals surface area contributed by atoms with Gasteiger partial charge in [-0.1, -0.05) is 0 Å². The number of rotatable bonds is 0. The van der Waals surface area contributed by atoms with Crippen LogP contribution in [0.15, 0.2) is 18.5 Å². The van der Waals surface area contributed by atoms with Crippen molar-refractivity contribution in [2.75, 3.05) is 16.3 Å². The first kappa shape index (κ1) is 8.10. The maximum Gasteiger partial charge on any atom is 0.161 e. The van der Waals surface area contributed by atoms with Gasteiger partial charge in [0.2, 0.25) is 0 Å². The summed E-state index contributed by atoms with van der Waals surface area (Å²) < 4.78 is 7.68. The number of hydrogen-bond donors (Lipinski definition) is 0. The number of halogens is 1.